The standard InChI is InChI=1S/C9H14N2O3/c1-5(7(3)12)11-4-8(13)10-9(14)6(11)2/h5-6H,4H2,1-3H3,(H,10,13,14). The number of amides is 2. The van der Waals surface area contributed by atoms with Crippen LogP contribution in [0.5, 0.6) is 0 Å². The fourth-order valence-corrected chi connectivity index (χ4v) is 1.44. The fraction of sp³-hybridized carbons (Fsp3) is 0.667. The van der Waals surface area contributed by atoms with Crippen molar-refractivity contribution in [1.82, 2.24) is 10.2 Å². The summed E-state index contributed by atoms with van der Waals surface area (Å²) in [6.45, 7) is 4.94. The molecule has 0 bridgehead atoms. The summed E-state index contributed by atoms with van der Waals surface area (Å²) in [4.78, 5) is 35.0. The van der Waals surface area contributed by atoms with E-state index in [9.17, 15) is 14.4 Å². The first-order valence-electron chi connectivity index (χ1n) is 4.53. The maximum atomic E-state index is 11.3. The molecule has 2 unspecified atom stereocenters. The van der Waals surface area contributed by atoms with Gasteiger partial charge in [-0.3, -0.25) is 24.6 Å². The van der Waals surface area contributed by atoms with E-state index in [0.717, 1.165) is 0 Å². The quantitative estimate of drug-likeness (QED) is 0.596. The van der Waals surface area contributed by atoms with Gasteiger partial charge in [-0.1, -0.05) is 0 Å². The van der Waals surface area contributed by atoms with Crippen molar-refractivity contribution in [1.29, 1.82) is 0 Å². The normalized spacial score (nSPS) is 25.8. The third-order valence-electron chi connectivity index (χ3n) is 2.55. The SMILES string of the molecule is CC(=O)C(C)N1CC(=O)NC(=O)C1C. The Labute approximate surface area is 82.4 Å². The molecule has 0 aliphatic carbocycles. The first kappa shape index (κ1) is 10.8. The lowest BCUT2D eigenvalue weighted by Gasteiger charge is -2.34. The van der Waals surface area contributed by atoms with E-state index in [1.807, 2.05) is 0 Å². The molecule has 0 spiro atoms. The number of Topliss-reactive ketones (excluding diaryl/α,β-unsaturated/α-hetero) is 1. The van der Waals surface area contributed by atoms with E-state index < -0.39 is 6.04 Å². The van der Waals surface area contributed by atoms with Gasteiger partial charge in [0, 0.05) is 0 Å². The molecule has 1 N–H and O–H groups in total. The topological polar surface area (TPSA) is 66.5 Å². The van der Waals surface area contributed by atoms with E-state index in [1.54, 1.807) is 18.7 Å². The summed E-state index contributed by atoms with van der Waals surface area (Å²) in [6.07, 6.45) is 0. The third kappa shape index (κ3) is 1.98. The van der Waals surface area contributed by atoms with E-state index in [4.69, 9.17) is 0 Å². The molecule has 0 aromatic carbocycles. The van der Waals surface area contributed by atoms with E-state index in [-0.39, 0.29) is 30.2 Å². The van der Waals surface area contributed by atoms with Crippen molar-refractivity contribution < 1.29 is 14.4 Å². The minimum Gasteiger partial charge on any atom is -0.298 e. The smallest absolute Gasteiger partial charge is 0.243 e. The van der Waals surface area contributed by atoms with Crippen molar-refractivity contribution in [2.24, 2.45) is 0 Å². The first-order valence-corrected chi connectivity index (χ1v) is 4.53. The highest BCUT2D eigenvalue weighted by molar-refractivity contribution is 6.01. The number of nitrogens with zero attached hydrogens (tertiary/aromatic N) is 1. The highest BCUT2D eigenvalue weighted by atomic mass is 16.2. The van der Waals surface area contributed by atoms with Gasteiger partial charge < -0.3 is 0 Å². The van der Waals surface area contributed by atoms with Gasteiger partial charge in [-0.15, -0.1) is 0 Å². The van der Waals surface area contributed by atoms with Crippen LogP contribution in [0, 0.1) is 0 Å². The van der Waals surface area contributed by atoms with Crippen molar-refractivity contribution in [3.8, 4) is 0 Å². The number of carbonyl (C=O) groups excluding carboxylic acids is 3. The molecule has 1 saturated heterocycles. The maximum Gasteiger partial charge on any atom is 0.243 e. The lowest BCUT2D eigenvalue weighted by molar-refractivity contribution is -0.142. The molecular formula is C9H14N2O3. The van der Waals surface area contributed by atoms with Gasteiger partial charge in [0.25, 0.3) is 0 Å². The van der Waals surface area contributed by atoms with Crippen LogP contribution in [0.4, 0.5) is 0 Å². The fourth-order valence-electron chi connectivity index (χ4n) is 1.44. The van der Waals surface area contributed by atoms with Crippen LogP contribution in [0.15, 0.2) is 0 Å². The number of carbonyl (C=O) groups is 3. The summed E-state index contributed by atoms with van der Waals surface area (Å²) in [7, 11) is 0. The number of hydrogen-bond donors (Lipinski definition) is 1. The predicted octanol–water partition coefficient (Wildman–Crippen LogP) is -0.689. The largest absolute Gasteiger partial charge is 0.298 e. The summed E-state index contributed by atoms with van der Waals surface area (Å²) in [5.41, 5.74) is 0. The van der Waals surface area contributed by atoms with Crippen LogP contribution in [-0.2, 0) is 14.4 Å². The monoisotopic (exact) mass is 198 g/mol. The second-order valence-corrected chi connectivity index (χ2v) is 3.55. The number of piperazine rings is 1. The Morgan fingerprint density at radius 2 is 2.14 bits per heavy atom. The molecule has 1 aliphatic heterocycles. The van der Waals surface area contributed by atoms with Gasteiger partial charge in [-0.05, 0) is 20.8 Å². The molecule has 2 amide bonds. The number of rotatable bonds is 2. The molecular weight excluding hydrogens is 184 g/mol. The van der Waals surface area contributed by atoms with Crippen LogP contribution >= 0.6 is 0 Å². The van der Waals surface area contributed by atoms with E-state index in [1.165, 1.54) is 6.92 Å². The van der Waals surface area contributed by atoms with Crippen LogP contribution in [0.25, 0.3) is 0 Å². The highest BCUT2D eigenvalue weighted by Crippen LogP contribution is 2.10. The zero-order chi connectivity index (χ0) is 10.9. The van der Waals surface area contributed by atoms with Gasteiger partial charge in [0.15, 0.2) is 0 Å². The molecule has 14 heavy (non-hydrogen) atoms. The molecule has 0 aromatic rings. The van der Waals surface area contributed by atoms with Crippen molar-refractivity contribution in [2.45, 2.75) is 32.9 Å². The lowest BCUT2D eigenvalue weighted by atomic mass is 10.1. The number of imide groups is 1. The van der Waals surface area contributed by atoms with Gasteiger partial charge in [-0.25, -0.2) is 0 Å². The van der Waals surface area contributed by atoms with Crippen molar-refractivity contribution in [3.63, 3.8) is 0 Å². The Bertz CT molecular complexity index is 284. The molecule has 1 aliphatic rings. The Kier molecular flexibility index (Phi) is 3.00. The van der Waals surface area contributed by atoms with Crippen molar-refractivity contribution >= 4 is 17.6 Å². The lowest BCUT2D eigenvalue weighted by Crippen LogP contribution is -2.60. The van der Waals surface area contributed by atoms with E-state index in [0.29, 0.717) is 0 Å². The van der Waals surface area contributed by atoms with Crippen LogP contribution in [-0.4, -0.2) is 41.1 Å². The Morgan fingerprint density at radius 3 is 2.64 bits per heavy atom. The van der Waals surface area contributed by atoms with Crippen molar-refractivity contribution in [2.75, 3.05) is 6.54 Å². The van der Waals surface area contributed by atoms with Gasteiger partial charge in [0.05, 0.1) is 18.6 Å². The summed E-state index contributed by atoms with van der Waals surface area (Å²) >= 11 is 0. The Morgan fingerprint density at radius 1 is 1.57 bits per heavy atom. The first-order chi connectivity index (χ1) is 6.43. The molecule has 5 nitrogen and oxygen atoms in total. The molecule has 0 aromatic heterocycles. The number of ketones is 1. The number of hydrogen-bond acceptors (Lipinski definition) is 4. The second-order valence-electron chi connectivity index (χ2n) is 3.55. The third-order valence-corrected chi connectivity index (χ3v) is 2.55. The summed E-state index contributed by atoms with van der Waals surface area (Å²) in [5, 5.41) is 2.22. The van der Waals surface area contributed by atoms with Crippen molar-refractivity contribution in [3.05, 3.63) is 0 Å². The van der Waals surface area contributed by atoms with E-state index >= 15 is 0 Å². The molecule has 0 saturated carbocycles. The molecule has 1 rings (SSSR count). The van der Waals surface area contributed by atoms with Crippen LogP contribution in [0.3, 0.4) is 0 Å². The minimum atomic E-state index is -0.424. The van der Waals surface area contributed by atoms with Gasteiger partial charge >= 0.3 is 0 Å². The molecule has 1 heterocycles. The molecule has 1 fully saturated rings. The second kappa shape index (κ2) is 3.88. The molecule has 5 heteroatoms. The minimum absolute atomic E-state index is 0.0423. The molecule has 78 valence electrons. The average Bonchev–Trinajstić information content (AvgIpc) is 2.09. The molecule has 0 radical (unpaired) electrons. The summed E-state index contributed by atoms with van der Waals surface area (Å²) in [5.74, 6) is -0.727. The Hall–Kier alpha value is -1.23. The summed E-state index contributed by atoms with van der Waals surface area (Å²) in [6, 6.07) is -0.813. The van der Waals surface area contributed by atoms with Crippen LogP contribution in [0.2, 0.25) is 0 Å². The van der Waals surface area contributed by atoms with Crippen LogP contribution < -0.4 is 5.32 Å². The van der Waals surface area contributed by atoms with Gasteiger partial charge in [0.2, 0.25) is 11.8 Å². The van der Waals surface area contributed by atoms with E-state index in [2.05, 4.69) is 5.32 Å². The average molecular weight is 198 g/mol. The number of nitrogens with one attached hydrogen (secondary N) is 1. The van der Waals surface area contributed by atoms with Gasteiger partial charge in [0.1, 0.15) is 5.78 Å². The zero-order valence-electron chi connectivity index (χ0n) is 8.53. The van der Waals surface area contributed by atoms with Crippen LogP contribution in [0.1, 0.15) is 20.8 Å². The van der Waals surface area contributed by atoms with Gasteiger partial charge in [-0.2, -0.15) is 0 Å². The maximum absolute atomic E-state index is 11.3. The Balaban J connectivity index is 2.81. The summed E-state index contributed by atoms with van der Waals surface area (Å²) < 4.78 is 0. The highest BCUT2D eigenvalue weighted by Gasteiger charge is 2.34. The zero-order valence-corrected chi connectivity index (χ0v) is 8.53. The molecule has 2 atom stereocenters. The predicted molar refractivity (Wildman–Crippen MR) is 49.5 cm³/mol.